The van der Waals surface area contributed by atoms with Gasteiger partial charge in [-0.3, -0.25) is 14.5 Å². The van der Waals surface area contributed by atoms with Crippen LogP contribution in [0.4, 0.5) is 0 Å². The summed E-state index contributed by atoms with van der Waals surface area (Å²) in [6.45, 7) is 0.250. The number of hydrogen-bond acceptors (Lipinski definition) is 4. The van der Waals surface area contributed by atoms with Crippen molar-refractivity contribution in [2.24, 2.45) is 0 Å². The second-order valence-corrected chi connectivity index (χ2v) is 5.62. The number of imide groups is 1. The van der Waals surface area contributed by atoms with Crippen LogP contribution in [0.2, 0.25) is 0 Å². The molecule has 2 rings (SSSR count). The quantitative estimate of drug-likeness (QED) is 0.621. The molecule has 6 heteroatoms. The number of carbonyl (C=O) groups is 2. The zero-order valence-corrected chi connectivity index (χ0v) is 13.0. The monoisotopic (exact) mass is 341 g/mol. The Balaban J connectivity index is 2.20. The lowest BCUT2D eigenvalue weighted by Gasteiger charge is -2.28. The van der Waals surface area contributed by atoms with Crippen molar-refractivity contribution < 1.29 is 19.1 Å². The Bertz CT molecular complexity index is 532. The minimum Gasteiger partial charge on any atom is -0.493 e. The molecule has 1 aliphatic heterocycles. The average Bonchev–Trinajstić information content (AvgIpc) is 2.47. The standard InChI is InChI=1S/C14H16BrNO4/c1-19-11-5-3-9(7-12(11)20-2)8-16-13(17)6-4-10(15)14(16)18/h3,5,7,10H,4,6,8H2,1-2H3. The Hall–Kier alpha value is -1.56. The van der Waals surface area contributed by atoms with E-state index in [9.17, 15) is 9.59 Å². The van der Waals surface area contributed by atoms with Gasteiger partial charge in [0.15, 0.2) is 11.5 Å². The van der Waals surface area contributed by atoms with Crippen LogP contribution in [0.5, 0.6) is 11.5 Å². The Morgan fingerprint density at radius 3 is 2.60 bits per heavy atom. The van der Waals surface area contributed by atoms with Gasteiger partial charge in [0, 0.05) is 6.42 Å². The fourth-order valence-corrected chi connectivity index (χ4v) is 2.60. The summed E-state index contributed by atoms with van der Waals surface area (Å²) in [5, 5.41) is 0. The minimum absolute atomic E-state index is 0.138. The van der Waals surface area contributed by atoms with Gasteiger partial charge in [-0.25, -0.2) is 0 Å². The summed E-state index contributed by atoms with van der Waals surface area (Å²) in [6, 6.07) is 5.36. The first-order valence-electron chi connectivity index (χ1n) is 6.26. The van der Waals surface area contributed by atoms with Crippen molar-refractivity contribution in [2.45, 2.75) is 24.2 Å². The van der Waals surface area contributed by atoms with Crippen LogP contribution < -0.4 is 9.47 Å². The highest BCUT2D eigenvalue weighted by atomic mass is 79.9. The molecule has 2 amide bonds. The molecule has 0 aromatic heterocycles. The molecule has 108 valence electrons. The first-order valence-corrected chi connectivity index (χ1v) is 7.17. The summed E-state index contributed by atoms with van der Waals surface area (Å²) in [6.07, 6.45) is 0.940. The van der Waals surface area contributed by atoms with Gasteiger partial charge in [-0.1, -0.05) is 22.0 Å². The number of halogens is 1. The average molecular weight is 342 g/mol. The Labute approximate surface area is 126 Å². The number of piperidine rings is 1. The van der Waals surface area contributed by atoms with E-state index in [4.69, 9.17) is 9.47 Å². The van der Waals surface area contributed by atoms with Crippen molar-refractivity contribution >= 4 is 27.7 Å². The van der Waals surface area contributed by atoms with Crippen molar-refractivity contribution in [2.75, 3.05) is 14.2 Å². The largest absolute Gasteiger partial charge is 0.493 e. The first-order chi connectivity index (χ1) is 9.56. The number of carbonyl (C=O) groups excluding carboxylic acids is 2. The molecule has 0 spiro atoms. The van der Waals surface area contributed by atoms with Crippen LogP contribution >= 0.6 is 15.9 Å². The van der Waals surface area contributed by atoms with Crippen molar-refractivity contribution in [3.8, 4) is 11.5 Å². The normalized spacial score (nSPS) is 19.1. The lowest BCUT2D eigenvalue weighted by molar-refractivity contribution is -0.148. The molecule has 1 aromatic carbocycles. The number of likely N-dealkylation sites (tertiary alicyclic amines) is 1. The fraction of sp³-hybridized carbons (Fsp3) is 0.429. The zero-order valence-electron chi connectivity index (χ0n) is 11.4. The van der Waals surface area contributed by atoms with Crippen molar-refractivity contribution in [1.29, 1.82) is 0 Å². The maximum Gasteiger partial charge on any atom is 0.243 e. The fourth-order valence-electron chi connectivity index (χ4n) is 2.13. The SMILES string of the molecule is COc1ccc(CN2C(=O)CCC(Br)C2=O)cc1OC. The van der Waals surface area contributed by atoms with Crippen molar-refractivity contribution in [1.82, 2.24) is 4.90 Å². The Kier molecular flexibility index (Phi) is 4.65. The molecular formula is C14H16BrNO4. The Morgan fingerprint density at radius 1 is 1.25 bits per heavy atom. The van der Waals surface area contributed by atoms with Crippen LogP contribution in [0.1, 0.15) is 18.4 Å². The van der Waals surface area contributed by atoms with E-state index in [-0.39, 0.29) is 23.2 Å². The molecule has 0 N–H and O–H groups in total. The van der Waals surface area contributed by atoms with Crippen LogP contribution in [0.3, 0.4) is 0 Å². The minimum atomic E-state index is -0.277. The van der Waals surface area contributed by atoms with Crippen LogP contribution in [-0.2, 0) is 16.1 Å². The van der Waals surface area contributed by atoms with Gasteiger partial charge < -0.3 is 9.47 Å². The second-order valence-electron chi connectivity index (χ2n) is 4.51. The maximum atomic E-state index is 12.0. The first kappa shape index (κ1) is 14.8. The highest BCUT2D eigenvalue weighted by molar-refractivity contribution is 9.10. The number of hydrogen-bond donors (Lipinski definition) is 0. The summed E-state index contributed by atoms with van der Waals surface area (Å²) in [5.41, 5.74) is 0.825. The predicted octanol–water partition coefficient (Wildman–Crippen LogP) is 2.12. The van der Waals surface area contributed by atoms with Gasteiger partial charge in [0.25, 0.3) is 0 Å². The number of amides is 2. The summed E-state index contributed by atoms with van der Waals surface area (Å²) in [7, 11) is 3.11. The van der Waals surface area contributed by atoms with E-state index in [2.05, 4.69) is 15.9 Å². The molecule has 0 aliphatic carbocycles. The van der Waals surface area contributed by atoms with Crippen LogP contribution in [0, 0.1) is 0 Å². The van der Waals surface area contributed by atoms with E-state index in [1.165, 1.54) is 4.90 Å². The summed E-state index contributed by atoms with van der Waals surface area (Å²) in [4.78, 5) is 24.9. The molecular weight excluding hydrogens is 326 g/mol. The smallest absolute Gasteiger partial charge is 0.243 e. The van der Waals surface area contributed by atoms with E-state index in [1.54, 1.807) is 26.4 Å². The van der Waals surface area contributed by atoms with E-state index >= 15 is 0 Å². The van der Waals surface area contributed by atoms with Gasteiger partial charge in [-0.2, -0.15) is 0 Å². The van der Waals surface area contributed by atoms with E-state index < -0.39 is 0 Å². The highest BCUT2D eigenvalue weighted by Crippen LogP contribution is 2.29. The third kappa shape index (κ3) is 2.95. The van der Waals surface area contributed by atoms with Crippen molar-refractivity contribution in [3.63, 3.8) is 0 Å². The molecule has 1 heterocycles. The van der Waals surface area contributed by atoms with Gasteiger partial charge in [0.2, 0.25) is 11.8 Å². The number of methoxy groups -OCH3 is 2. The van der Waals surface area contributed by atoms with E-state index in [0.717, 1.165) is 5.56 Å². The molecule has 1 aliphatic rings. The summed E-state index contributed by atoms with van der Waals surface area (Å²) in [5.74, 6) is 0.875. The van der Waals surface area contributed by atoms with Crippen molar-refractivity contribution in [3.05, 3.63) is 23.8 Å². The molecule has 0 radical (unpaired) electrons. The second kappa shape index (κ2) is 6.26. The maximum absolute atomic E-state index is 12.0. The van der Waals surface area contributed by atoms with E-state index in [0.29, 0.717) is 24.3 Å². The van der Waals surface area contributed by atoms with Gasteiger partial charge in [-0.05, 0) is 24.1 Å². The van der Waals surface area contributed by atoms with Crippen LogP contribution in [0.25, 0.3) is 0 Å². The van der Waals surface area contributed by atoms with Gasteiger partial charge in [0.05, 0.1) is 25.6 Å². The van der Waals surface area contributed by atoms with Gasteiger partial charge in [0.1, 0.15) is 0 Å². The van der Waals surface area contributed by atoms with Crippen LogP contribution in [-0.4, -0.2) is 35.8 Å². The number of rotatable bonds is 4. The molecule has 20 heavy (non-hydrogen) atoms. The topological polar surface area (TPSA) is 55.8 Å². The molecule has 1 aromatic rings. The molecule has 0 bridgehead atoms. The number of ether oxygens (including phenoxy) is 2. The van der Waals surface area contributed by atoms with Crippen LogP contribution in [0.15, 0.2) is 18.2 Å². The molecule has 1 fully saturated rings. The van der Waals surface area contributed by atoms with E-state index in [1.807, 2.05) is 6.07 Å². The number of nitrogens with zero attached hydrogens (tertiary/aromatic N) is 1. The lowest BCUT2D eigenvalue weighted by Crippen LogP contribution is -2.44. The third-order valence-corrected chi connectivity index (χ3v) is 4.08. The Morgan fingerprint density at radius 2 is 1.95 bits per heavy atom. The van der Waals surface area contributed by atoms with Gasteiger partial charge >= 0.3 is 0 Å². The summed E-state index contributed by atoms with van der Waals surface area (Å²) < 4.78 is 10.4. The van der Waals surface area contributed by atoms with Gasteiger partial charge in [-0.15, -0.1) is 0 Å². The number of benzene rings is 1. The molecule has 1 atom stereocenters. The lowest BCUT2D eigenvalue weighted by atomic mass is 10.1. The molecule has 0 saturated carbocycles. The summed E-state index contributed by atoms with van der Waals surface area (Å²) >= 11 is 3.30. The zero-order chi connectivity index (χ0) is 14.7. The molecule has 5 nitrogen and oxygen atoms in total. The number of alkyl halides is 1. The third-order valence-electron chi connectivity index (χ3n) is 3.24. The molecule has 1 saturated heterocycles. The highest BCUT2D eigenvalue weighted by Gasteiger charge is 2.32. The predicted molar refractivity (Wildman–Crippen MR) is 77.1 cm³/mol. The molecule has 1 unspecified atom stereocenters.